The number of rotatable bonds is 5. The number of halogens is 3. The summed E-state index contributed by atoms with van der Waals surface area (Å²) in [6.45, 7) is 1.51. The molecule has 0 radical (unpaired) electrons. The van der Waals surface area contributed by atoms with Crippen LogP contribution in [0.5, 0.6) is 0 Å². The summed E-state index contributed by atoms with van der Waals surface area (Å²) in [6, 6.07) is 19.6. The molecule has 1 aliphatic rings. The van der Waals surface area contributed by atoms with Crippen molar-refractivity contribution in [3.05, 3.63) is 102 Å². The average Bonchev–Trinajstić information content (AvgIpc) is 3.67. The van der Waals surface area contributed by atoms with Gasteiger partial charge >= 0.3 is 6.18 Å². The lowest BCUT2D eigenvalue weighted by Gasteiger charge is -2.25. The fraction of sp³-hybridized carbons (Fsp3) is 0.107. The molecule has 0 amide bonds. The molecular weight excluding hydrogens is 541 g/mol. The van der Waals surface area contributed by atoms with E-state index in [1.54, 1.807) is 47.6 Å². The minimum absolute atomic E-state index is 0. The summed E-state index contributed by atoms with van der Waals surface area (Å²) in [5.74, 6) is 0.159. The molecule has 0 spiro atoms. The Bertz CT molecular complexity index is 1910. The van der Waals surface area contributed by atoms with Crippen molar-refractivity contribution < 1.29 is 23.0 Å². The lowest BCUT2D eigenvalue weighted by molar-refractivity contribution is -0.141. The van der Waals surface area contributed by atoms with Gasteiger partial charge in [0.15, 0.2) is 15.5 Å². The van der Waals surface area contributed by atoms with E-state index in [2.05, 4.69) is 20.9 Å². The predicted octanol–water partition coefficient (Wildman–Crippen LogP) is 5.83. The normalized spacial score (nSPS) is 14.0. The fourth-order valence-corrected chi connectivity index (χ4v) is 5.42. The van der Waals surface area contributed by atoms with Crippen LogP contribution in [0.2, 0.25) is 0 Å². The lowest BCUT2D eigenvalue weighted by atomic mass is 10.0. The first-order valence-electron chi connectivity index (χ1n) is 12.2. The second-order valence-corrected chi connectivity index (χ2v) is 11.5. The van der Waals surface area contributed by atoms with Crippen molar-refractivity contribution in [1.29, 1.82) is 0 Å². The number of benzene rings is 3. The van der Waals surface area contributed by atoms with E-state index >= 15 is 0 Å². The van der Waals surface area contributed by atoms with Gasteiger partial charge in [-0.3, -0.25) is 5.01 Å². The van der Waals surface area contributed by atoms with E-state index in [1.807, 2.05) is 30.5 Å². The summed E-state index contributed by atoms with van der Waals surface area (Å²) in [5, 5.41) is 2.73. The smallest absolute Gasteiger partial charge is 0.361 e. The van der Waals surface area contributed by atoms with Gasteiger partial charge in [-0.2, -0.15) is 13.2 Å². The van der Waals surface area contributed by atoms with Gasteiger partial charge < -0.3 is 15.0 Å². The van der Waals surface area contributed by atoms with Gasteiger partial charge in [0, 0.05) is 42.7 Å². The third kappa shape index (κ3) is 4.61. The summed E-state index contributed by atoms with van der Waals surface area (Å²) in [7, 11) is -3.45. The number of H-pyrrole nitrogens is 1. The molecule has 8 nitrogen and oxygen atoms in total. The third-order valence-corrected chi connectivity index (χ3v) is 7.83. The number of nitrogens with zero attached hydrogens (tertiary/aromatic N) is 3. The third-order valence-electron chi connectivity index (χ3n) is 6.72. The summed E-state index contributed by atoms with van der Waals surface area (Å²) >= 11 is 0. The summed E-state index contributed by atoms with van der Waals surface area (Å²) in [4.78, 5) is 7.08. The quantitative estimate of drug-likeness (QED) is 0.248. The molecule has 12 heteroatoms. The van der Waals surface area contributed by atoms with Gasteiger partial charge in [0.2, 0.25) is 0 Å². The van der Waals surface area contributed by atoms with Crippen LogP contribution in [0.3, 0.4) is 0 Å². The number of imidazole rings is 1. The number of hydrogen-bond acceptors (Lipinski definition) is 6. The Morgan fingerprint density at radius 1 is 0.925 bits per heavy atom. The van der Waals surface area contributed by atoms with E-state index in [4.69, 9.17) is 0 Å². The molecule has 3 heterocycles. The van der Waals surface area contributed by atoms with Crippen molar-refractivity contribution in [3.8, 4) is 16.8 Å². The predicted molar refractivity (Wildman–Crippen MR) is 149 cm³/mol. The van der Waals surface area contributed by atoms with Gasteiger partial charge in [0.25, 0.3) is 0 Å². The van der Waals surface area contributed by atoms with Gasteiger partial charge in [-0.25, -0.2) is 13.4 Å². The standard InChI is InChI=1S/C28H23F3N6O2S.H2/c1-17-34-27(28(29,30)31)16-36(17)24-9-7-19(18-4-3-5-22(13-18)40(2,38)39)14-25(24)37-26(15-33-35-37)21-6-8-23-20(12-21)10-11-32-23;/h3-16,32-33,35H,1-2H3;1H. The number of fused-ring (bicyclic) bond motifs is 1. The van der Waals surface area contributed by atoms with Gasteiger partial charge in [-0.1, -0.05) is 24.3 Å². The fourth-order valence-electron chi connectivity index (χ4n) is 4.75. The van der Waals surface area contributed by atoms with E-state index in [0.717, 1.165) is 34.6 Å². The van der Waals surface area contributed by atoms with Crippen molar-refractivity contribution in [1.82, 2.24) is 25.5 Å². The summed E-state index contributed by atoms with van der Waals surface area (Å²) in [6.07, 6.45) is 1.11. The topological polar surface area (TPSA) is 95.1 Å². The highest BCUT2D eigenvalue weighted by Crippen LogP contribution is 2.38. The monoisotopic (exact) mass is 566 g/mol. The number of nitrogens with one attached hydrogen (secondary N) is 3. The molecule has 3 N–H and O–H groups in total. The maximum atomic E-state index is 13.5. The molecule has 0 aliphatic carbocycles. The molecular formula is C28H25F3N6O2S. The number of aryl methyl sites for hydroxylation is 1. The number of aromatic nitrogens is 3. The zero-order valence-electron chi connectivity index (χ0n) is 21.3. The number of sulfone groups is 1. The van der Waals surface area contributed by atoms with Crippen molar-refractivity contribution >= 4 is 32.1 Å². The minimum Gasteiger partial charge on any atom is -0.361 e. The van der Waals surface area contributed by atoms with Crippen LogP contribution in [0.1, 0.15) is 18.5 Å². The van der Waals surface area contributed by atoms with Crippen LogP contribution in [-0.4, -0.2) is 29.2 Å². The van der Waals surface area contributed by atoms with E-state index in [9.17, 15) is 21.6 Å². The number of hydrogen-bond donors (Lipinski definition) is 3. The number of anilines is 1. The van der Waals surface area contributed by atoms with Crippen molar-refractivity contribution in [2.75, 3.05) is 11.3 Å². The molecule has 0 atom stereocenters. The van der Waals surface area contributed by atoms with Gasteiger partial charge in [-0.15, -0.1) is 5.53 Å². The van der Waals surface area contributed by atoms with Crippen LogP contribution >= 0.6 is 0 Å². The van der Waals surface area contributed by atoms with Crippen LogP contribution in [-0.2, 0) is 16.0 Å². The maximum absolute atomic E-state index is 13.5. The van der Waals surface area contributed by atoms with E-state index < -0.39 is 21.7 Å². The molecule has 0 saturated carbocycles. The first-order chi connectivity index (χ1) is 19.0. The Balaban J connectivity index is 0.00000337. The van der Waals surface area contributed by atoms with Gasteiger partial charge in [0.1, 0.15) is 5.82 Å². The number of alkyl halides is 3. The highest BCUT2D eigenvalue weighted by atomic mass is 32.2. The number of aromatic amines is 1. The van der Waals surface area contributed by atoms with E-state index in [0.29, 0.717) is 22.5 Å². The molecule has 206 valence electrons. The van der Waals surface area contributed by atoms with Crippen molar-refractivity contribution in [2.45, 2.75) is 18.0 Å². The van der Waals surface area contributed by atoms with E-state index in [1.165, 1.54) is 17.6 Å². The molecule has 0 fully saturated rings. The molecule has 0 unspecified atom stereocenters. The van der Waals surface area contributed by atoms with Gasteiger partial charge in [-0.05, 0) is 60.5 Å². The summed E-state index contributed by atoms with van der Waals surface area (Å²) < 4.78 is 66.4. The second kappa shape index (κ2) is 9.28. The maximum Gasteiger partial charge on any atom is 0.434 e. The SMILES string of the molecule is Cc1nc(C(F)(F)F)cn1-c1ccc(-c2cccc(S(C)(=O)=O)c2)cc1N1NNC=C1c1ccc2[nH]ccc2c1.[HH]. The van der Waals surface area contributed by atoms with Crippen LogP contribution in [0, 0.1) is 6.92 Å². The highest BCUT2D eigenvalue weighted by Gasteiger charge is 2.35. The Morgan fingerprint density at radius 3 is 2.45 bits per heavy atom. The van der Waals surface area contributed by atoms with E-state index in [-0.39, 0.29) is 12.1 Å². The van der Waals surface area contributed by atoms with Crippen LogP contribution in [0.25, 0.3) is 33.4 Å². The van der Waals surface area contributed by atoms with Gasteiger partial charge in [0.05, 0.1) is 22.0 Å². The molecule has 0 saturated heterocycles. The molecule has 40 heavy (non-hydrogen) atoms. The van der Waals surface area contributed by atoms with Crippen molar-refractivity contribution in [3.63, 3.8) is 0 Å². The minimum atomic E-state index is -4.60. The molecule has 2 aromatic heterocycles. The van der Waals surface area contributed by atoms with Crippen LogP contribution in [0.4, 0.5) is 18.9 Å². The molecule has 5 aromatic rings. The molecule has 0 bridgehead atoms. The average molecular weight is 567 g/mol. The molecule has 1 aliphatic heterocycles. The van der Waals surface area contributed by atoms with Crippen LogP contribution in [0.15, 0.2) is 90.2 Å². The highest BCUT2D eigenvalue weighted by molar-refractivity contribution is 7.90. The first kappa shape index (κ1) is 25.7. The first-order valence-corrected chi connectivity index (χ1v) is 14.1. The largest absolute Gasteiger partial charge is 0.434 e. The Kier molecular flexibility index (Phi) is 5.97. The van der Waals surface area contributed by atoms with Crippen molar-refractivity contribution in [2.24, 2.45) is 0 Å². The molecule has 6 rings (SSSR count). The zero-order valence-corrected chi connectivity index (χ0v) is 22.1. The Labute approximate surface area is 229 Å². The Hall–Kier alpha value is -4.55. The van der Waals surface area contributed by atoms with Crippen LogP contribution < -0.4 is 16.0 Å². The molecule has 3 aromatic carbocycles. The lowest BCUT2D eigenvalue weighted by Crippen LogP contribution is -2.37. The Morgan fingerprint density at radius 2 is 1.70 bits per heavy atom. The summed E-state index contributed by atoms with van der Waals surface area (Å²) in [5.41, 5.74) is 9.89. The number of hydrazine groups is 2. The second-order valence-electron chi connectivity index (χ2n) is 9.45. The zero-order chi connectivity index (χ0) is 28.2.